The summed E-state index contributed by atoms with van der Waals surface area (Å²) in [6.45, 7) is 8.05. The highest BCUT2D eigenvalue weighted by atomic mass is 16.5. The summed E-state index contributed by atoms with van der Waals surface area (Å²) >= 11 is 0. The van der Waals surface area contributed by atoms with Crippen LogP contribution in [0, 0.1) is 19.8 Å². The van der Waals surface area contributed by atoms with Gasteiger partial charge in [0.1, 0.15) is 5.76 Å². The van der Waals surface area contributed by atoms with Crippen molar-refractivity contribution in [1.82, 2.24) is 15.1 Å². The highest BCUT2D eigenvalue weighted by Crippen LogP contribution is 2.43. The lowest BCUT2D eigenvalue weighted by atomic mass is 9.81. The number of aromatic nitrogens is 2. The van der Waals surface area contributed by atoms with Gasteiger partial charge in [-0.1, -0.05) is 0 Å². The predicted molar refractivity (Wildman–Crippen MR) is 73.7 cm³/mol. The third-order valence-corrected chi connectivity index (χ3v) is 4.76. The molecule has 2 aromatic rings. The normalized spacial score (nSPS) is 29.1. The fourth-order valence-corrected chi connectivity index (χ4v) is 3.58. The van der Waals surface area contributed by atoms with Crippen molar-refractivity contribution in [2.45, 2.75) is 25.8 Å². The van der Waals surface area contributed by atoms with Crippen molar-refractivity contribution in [3.05, 3.63) is 35.4 Å². The summed E-state index contributed by atoms with van der Waals surface area (Å²) < 4.78 is 16.8. The Morgan fingerprint density at radius 1 is 1.38 bits per heavy atom. The lowest BCUT2D eigenvalue weighted by Crippen LogP contribution is -2.35. The molecule has 2 aliphatic heterocycles. The summed E-state index contributed by atoms with van der Waals surface area (Å²) in [6.07, 6.45) is 1.75. The molecule has 0 saturated carbocycles. The Morgan fingerprint density at radius 2 is 2.29 bits per heavy atom. The monoisotopic (exact) mass is 289 g/mol. The molecule has 0 aliphatic carbocycles. The summed E-state index contributed by atoms with van der Waals surface area (Å²) in [5.74, 6) is 2.76. The van der Waals surface area contributed by atoms with Crippen LogP contribution in [0.15, 0.2) is 21.2 Å². The summed E-state index contributed by atoms with van der Waals surface area (Å²) in [4.78, 5) is 2.44. The third-order valence-electron chi connectivity index (χ3n) is 4.76. The van der Waals surface area contributed by atoms with Crippen LogP contribution in [0.25, 0.3) is 0 Å². The van der Waals surface area contributed by atoms with Crippen molar-refractivity contribution in [2.24, 2.45) is 5.92 Å². The summed E-state index contributed by atoms with van der Waals surface area (Å²) in [5, 5.41) is 8.26. The molecule has 6 nitrogen and oxygen atoms in total. The standard InChI is InChI=1S/C15H19N3O3/c1-10-12(3-4-20-10)5-18-6-13-7-19-9-15(13,8-18)14-17-16-11(2)21-14/h3-4,13H,5-9H2,1-2H3/t13-,15-/m0/s1. The van der Waals surface area contributed by atoms with Crippen molar-refractivity contribution in [2.75, 3.05) is 26.3 Å². The zero-order valence-corrected chi connectivity index (χ0v) is 12.3. The van der Waals surface area contributed by atoms with E-state index in [1.54, 1.807) is 6.26 Å². The van der Waals surface area contributed by atoms with E-state index < -0.39 is 0 Å². The van der Waals surface area contributed by atoms with Gasteiger partial charge < -0.3 is 13.6 Å². The maximum Gasteiger partial charge on any atom is 0.226 e. The predicted octanol–water partition coefficient (Wildman–Crippen LogP) is 1.68. The largest absolute Gasteiger partial charge is 0.469 e. The summed E-state index contributed by atoms with van der Waals surface area (Å²) in [6, 6.07) is 2.05. The maximum atomic E-state index is 5.73. The van der Waals surface area contributed by atoms with Crippen molar-refractivity contribution >= 4 is 0 Å². The van der Waals surface area contributed by atoms with Crippen LogP contribution in [0.4, 0.5) is 0 Å². The van der Waals surface area contributed by atoms with Crippen LogP contribution in [0.2, 0.25) is 0 Å². The molecule has 21 heavy (non-hydrogen) atoms. The second-order valence-corrected chi connectivity index (χ2v) is 6.17. The molecule has 0 unspecified atom stereocenters. The minimum atomic E-state index is -0.140. The first-order chi connectivity index (χ1) is 10.2. The van der Waals surface area contributed by atoms with Crippen LogP contribution in [-0.2, 0) is 16.7 Å². The van der Waals surface area contributed by atoms with E-state index in [1.807, 2.05) is 19.9 Å². The first-order valence-electron chi connectivity index (χ1n) is 7.31. The van der Waals surface area contributed by atoms with Gasteiger partial charge in [-0.15, -0.1) is 10.2 Å². The average molecular weight is 289 g/mol. The Morgan fingerprint density at radius 3 is 3.00 bits per heavy atom. The van der Waals surface area contributed by atoms with E-state index in [4.69, 9.17) is 13.6 Å². The maximum absolute atomic E-state index is 5.73. The molecule has 2 atom stereocenters. The summed E-state index contributed by atoms with van der Waals surface area (Å²) in [5.41, 5.74) is 1.10. The van der Waals surface area contributed by atoms with Crippen molar-refractivity contribution in [1.29, 1.82) is 0 Å². The van der Waals surface area contributed by atoms with E-state index >= 15 is 0 Å². The molecular formula is C15H19N3O3. The van der Waals surface area contributed by atoms with E-state index in [0.29, 0.717) is 18.4 Å². The average Bonchev–Trinajstić information content (AvgIpc) is 3.16. The molecule has 2 saturated heterocycles. The number of likely N-dealkylation sites (tertiary alicyclic amines) is 1. The van der Waals surface area contributed by atoms with Crippen molar-refractivity contribution < 1.29 is 13.6 Å². The minimum absolute atomic E-state index is 0.140. The van der Waals surface area contributed by atoms with Gasteiger partial charge >= 0.3 is 0 Å². The smallest absolute Gasteiger partial charge is 0.226 e. The van der Waals surface area contributed by atoms with E-state index in [-0.39, 0.29) is 5.41 Å². The molecule has 4 rings (SSSR count). The van der Waals surface area contributed by atoms with Gasteiger partial charge in [0.25, 0.3) is 0 Å². The molecule has 0 bridgehead atoms. The second-order valence-electron chi connectivity index (χ2n) is 6.17. The van der Waals surface area contributed by atoms with Crippen LogP contribution < -0.4 is 0 Å². The number of ether oxygens (including phenoxy) is 1. The van der Waals surface area contributed by atoms with Gasteiger partial charge in [-0.3, -0.25) is 4.90 Å². The van der Waals surface area contributed by atoms with Crippen LogP contribution in [-0.4, -0.2) is 41.4 Å². The molecule has 2 aliphatic rings. The van der Waals surface area contributed by atoms with E-state index in [2.05, 4.69) is 15.1 Å². The Kier molecular flexibility index (Phi) is 2.90. The Labute approximate surface area is 123 Å². The van der Waals surface area contributed by atoms with E-state index in [9.17, 15) is 0 Å². The molecule has 0 aromatic carbocycles. The molecule has 0 amide bonds. The van der Waals surface area contributed by atoms with Crippen LogP contribution in [0.3, 0.4) is 0 Å². The first kappa shape index (κ1) is 13.0. The molecule has 2 aromatic heterocycles. The molecule has 0 spiro atoms. The van der Waals surface area contributed by atoms with Crippen molar-refractivity contribution in [3.8, 4) is 0 Å². The van der Waals surface area contributed by atoms with Gasteiger partial charge in [0.15, 0.2) is 0 Å². The van der Waals surface area contributed by atoms with Crippen LogP contribution in [0.1, 0.15) is 23.1 Å². The van der Waals surface area contributed by atoms with Gasteiger partial charge in [-0.05, 0) is 13.0 Å². The zero-order chi connectivity index (χ0) is 14.4. The lowest BCUT2D eigenvalue weighted by molar-refractivity contribution is 0.140. The molecular weight excluding hydrogens is 270 g/mol. The molecule has 0 radical (unpaired) electrons. The number of furan rings is 1. The lowest BCUT2D eigenvalue weighted by Gasteiger charge is -2.22. The zero-order valence-electron chi connectivity index (χ0n) is 12.3. The van der Waals surface area contributed by atoms with Gasteiger partial charge in [0.05, 0.1) is 24.9 Å². The number of aryl methyl sites for hydroxylation is 2. The topological polar surface area (TPSA) is 64.5 Å². The van der Waals surface area contributed by atoms with Gasteiger partial charge in [0.2, 0.25) is 11.8 Å². The summed E-state index contributed by atoms with van der Waals surface area (Å²) in [7, 11) is 0. The Hall–Kier alpha value is -1.66. The van der Waals surface area contributed by atoms with Crippen molar-refractivity contribution in [3.63, 3.8) is 0 Å². The highest BCUT2D eigenvalue weighted by molar-refractivity contribution is 5.20. The van der Waals surface area contributed by atoms with Gasteiger partial charge in [-0.25, -0.2) is 0 Å². The molecule has 0 N–H and O–H groups in total. The third kappa shape index (κ3) is 2.01. The van der Waals surface area contributed by atoms with E-state index in [0.717, 1.165) is 37.9 Å². The SMILES string of the molecule is Cc1nnc([C@@]23COC[C@@H]2CN(Cc2ccoc2C)C3)o1. The fourth-order valence-electron chi connectivity index (χ4n) is 3.58. The van der Waals surface area contributed by atoms with Crippen LogP contribution in [0.5, 0.6) is 0 Å². The van der Waals surface area contributed by atoms with E-state index in [1.165, 1.54) is 5.56 Å². The van der Waals surface area contributed by atoms with Gasteiger partial charge in [0, 0.05) is 38.0 Å². The fraction of sp³-hybridized carbons (Fsp3) is 0.600. The van der Waals surface area contributed by atoms with Gasteiger partial charge in [-0.2, -0.15) is 0 Å². The molecule has 2 fully saturated rings. The highest BCUT2D eigenvalue weighted by Gasteiger charge is 2.55. The number of hydrogen-bond donors (Lipinski definition) is 0. The molecule has 4 heterocycles. The van der Waals surface area contributed by atoms with Crippen LogP contribution >= 0.6 is 0 Å². The number of nitrogens with zero attached hydrogens (tertiary/aromatic N) is 3. The number of rotatable bonds is 3. The molecule has 112 valence electrons. The Balaban J connectivity index is 1.59. The minimum Gasteiger partial charge on any atom is -0.469 e. The second kappa shape index (κ2) is 4.68. The number of hydrogen-bond acceptors (Lipinski definition) is 6. The first-order valence-corrected chi connectivity index (χ1v) is 7.31. The quantitative estimate of drug-likeness (QED) is 0.856. The number of fused-ring (bicyclic) bond motifs is 1. The molecule has 6 heteroatoms. The Bertz CT molecular complexity index is 650.